The van der Waals surface area contributed by atoms with E-state index in [9.17, 15) is 14.0 Å². The van der Waals surface area contributed by atoms with Gasteiger partial charge in [0.05, 0.1) is 0 Å². The van der Waals surface area contributed by atoms with Gasteiger partial charge in [-0.1, -0.05) is 12.1 Å². The summed E-state index contributed by atoms with van der Waals surface area (Å²) in [7, 11) is 0. The molecule has 0 saturated carbocycles. The van der Waals surface area contributed by atoms with Crippen LogP contribution >= 0.6 is 0 Å². The van der Waals surface area contributed by atoms with Crippen molar-refractivity contribution in [2.24, 2.45) is 0 Å². The van der Waals surface area contributed by atoms with E-state index in [1.54, 1.807) is 19.1 Å². The molecule has 0 saturated heterocycles. The number of carbonyl (C=O) groups is 2. The maximum absolute atomic E-state index is 13.0. The Labute approximate surface area is 110 Å². The van der Waals surface area contributed by atoms with Gasteiger partial charge in [0.2, 0.25) is 5.91 Å². The van der Waals surface area contributed by atoms with Crippen molar-refractivity contribution >= 4 is 11.9 Å². The third kappa shape index (κ3) is 5.05. The second-order valence-corrected chi connectivity index (χ2v) is 4.28. The summed E-state index contributed by atoms with van der Waals surface area (Å²) in [5.41, 5.74) is 0.715. The number of aliphatic carboxylic acids is 1. The summed E-state index contributed by atoms with van der Waals surface area (Å²) in [5.74, 6) is -1.87. The molecule has 1 aromatic carbocycles. The van der Waals surface area contributed by atoms with E-state index < -0.39 is 17.9 Å². The Bertz CT molecular complexity index is 465. The summed E-state index contributed by atoms with van der Waals surface area (Å²) in [6, 6.07) is 4.83. The van der Waals surface area contributed by atoms with Gasteiger partial charge in [0.1, 0.15) is 11.9 Å². The Morgan fingerprint density at radius 3 is 2.63 bits per heavy atom. The fourth-order valence-electron chi connectivity index (χ4n) is 1.63. The second kappa shape index (κ2) is 6.84. The van der Waals surface area contributed by atoms with Crippen LogP contribution in [0.2, 0.25) is 0 Å². The van der Waals surface area contributed by atoms with Gasteiger partial charge < -0.3 is 15.7 Å². The topological polar surface area (TPSA) is 78.4 Å². The number of carboxylic acid groups (broad SMARTS) is 1. The number of carboxylic acids is 1. The Balaban J connectivity index is 2.59. The highest BCUT2D eigenvalue weighted by Gasteiger charge is 2.19. The van der Waals surface area contributed by atoms with Crippen molar-refractivity contribution in [3.8, 4) is 0 Å². The van der Waals surface area contributed by atoms with Gasteiger partial charge in [-0.25, -0.2) is 9.18 Å². The van der Waals surface area contributed by atoms with Crippen LogP contribution in [0, 0.1) is 5.82 Å². The van der Waals surface area contributed by atoms with Crippen LogP contribution in [0.15, 0.2) is 24.3 Å². The first-order chi connectivity index (χ1) is 8.90. The Hall–Kier alpha value is -1.95. The molecule has 19 heavy (non-hydrogen) atoms. The smallest absolute Gasteiger partial charge is 0.327 e. The zero-order valence-corrected chi connectivity index (χ0v) is 10.8. The van der Waals surface area contributed by atoms with Gasteiger partial charge in [0.15, 0.2) is 0 Å². The molecule has 0 aliphatic heterocycles. The monoisotopic (exact) mass is 268 g/mol. The maximum Gasteiger partial charge on any atom is 0.327 e. The standard InChI is InChI=1S/C13H17FN2O3/c1-8(10-4-3-5-11(14)6-10)15-7-12(13(18)19)16-9(2)17/h3-6,8,12,15H,7H2,1-2H3,(H,16,17)(H,18,19)/t8-,12?/m0/s1. The third-order valence-corrected chi connectivity index (χ3v) is 2.65. The number of hydrogen-bond donors (Lipinski definition) is 3. The molecular formula is C13H17FN2O3. The van der Waals surface area contributed by atoms with Crippen LogP contribution in [0.3, 0.4) is 0 Å². The van der Waals surface area contributed by atoms with Crippen LogP contribution in [0.4, 0.5) is 4.39 Å². The lowest BCUT2D eigenvalue weighted by molar-refractivity contribution is -0.141. The zero-order chi connectivity index (χ0) is 14.4. The lowest BCUT2D eigenvalue weighted by atomic mass is 10.1. The highest BCUT2D eigenvalue weighted by molar-refractivity contribution is 5.82. The Morgan fingerprint density at radius 2 is 2.11 bits per heavy atom. The van der Waals surface area contributed by atoms with Crippen molar-refractivity contribution < 1.29 is 19.1 Å². The number of amides is 1. The van der Waals surface area contributed by atoms with Gasteiger partial charge in [-0.15, -0.1) is 0 Å². The van der Waals surface area contributed by atoms with Gasteiger partial charge in [0, 0.05) is 19.5 Å². The molecule has 2 atom stereocenters. The zero-order valence-electron chi connectivity index (χ0n) is 10.8. The Kier molecular flexibility index (Phi) is 5.44. The average Bonchev–Trinajstić information content (AvgIpc) is 2.33. The minimum Gasteiger partial charge on any atom is -0.480 e. The van der Waals surface area contributed by atoms with E-state index in [1.807, 2.05) is 0 Å². The normalized spacial score (nSPS) is 13.6. The number of carbonyl (C=O) groups excluding carboxylic acids is 1. The van der Waals surface area contributed by atoms with E-state index >= 15 is 0 Å². The molecule has 0 aromatic heterocycles. The minimum atomic E-state index is -1.12. The van der Waals surface area contributed by atoms with Crippen LogP contribution in [0.5, 0.6) is 0 Å². The van der Waals surface area contributed by atoms with E-state index in [4.69, 9.17) is 5.11 Å². The highest BCUT2D eigenvalue weighted by atomic mass is 19.1. The number of benzene rings is 1. The predicted molar refractivity (Wildman–Crippen MR) is 68.1 cm³/mol. The molecule has 1 aromatic rings. The van der Waals surface area contributed by atoms with Crippen molar-refractivity contribution in [3.05, 3.63) is 35.6 Å². The molecule has 1 amide bonds. The summed E-state index contributed by atoms with van der Waals surface area (Å²) in [4.78, 5) is 21.8. The number of hydrogen-bond acceptors (Lipinski definition) is 3. The second-order valence-electron chi connectivity index (χ2n) is 4.28. The molecule has 0 aliphatic carbocycles. The summed E-state index contributed by atoms with van der Waals surface area (Å²) in [6.07, 6.45) is 0. The summed E-state index contributed by atoms with van der Waals surface area (Å²) in [6.45, 7) is 3.11. The fraction of sp³-hybridized carbons (Fsp3) is 0.385. The first-order valence-electron chi connectivity index (χ1n) is 5.89. The summed E-state index contributed by atoms with van der Waals surface area (Å²) >= 11 is 0. The largest absolute Gasteiger partial charge is 0.480 e. The average molecular weight is 268 g/mol. The maximum atomic E-state index is 13.0. The molecule has 0 spiro atoms. The SMILES string of the molecule is CC(=O)NC(CN[C@@H](C)c1cccc(F)c1)C(=O)O. The van der Waals surface area contributed by atoms with E-state index in [2.05, 4.69) is 10.6 Å². The molecule has 1 unspecified atom stereocenters. The lowest BCUT2D eigenvalue weighted by Gasteiger charge is -2.18. The molecule has 6 heteroatoms. The van der Waals surface area contributed by atoms with Crippen LogP contribution in [0.25, 0.3) is 0 Å². The van der Waals surface area contributed by atoms with Crippen molar-refractivity contribution in [2.75, 3.05) is 6.54 Å². The van der Waals surface area contributed by atoms with Crippen molar-refractivity contribution in [1.29, 1.82) is 0 Å². The van der Waals surface area contributed by atoms with Gasteiger partial charge in [-0.3, -0.25) is 4.79 Å². The van der Waals surface area contributed by atoms with Crippen LogP contribution in [-0.2, 0) is 9.59 Å². The molecule has 5 nitrogen and oxygen atoms in total. The molecule has 0 fully saturated rings. The van der Waals surface area contributed by atoms with E-state index in [1.165, 1.54) is 19.1 Å². The van der Waals surface area contributed by atoms with Crippen molar-refractivity contribution in [1.82, 2.24) is 10.6 Å². The first kappa shape index (κ1) is 15.1. The summed E-state index contributed by atoms with van der Waals surface area (Å²) < 4.78 is 13.0. The van der Waals surface area contributed by atoms with Gasteiger partial charge >= 0.3 is 5.97 Å². The van der Waals surface area contributed by atoms with Crippen LogP contribution in [0.1, 0.15) is 25.5 Å². The van der Waals surface area contributed by atoms with Gasteiger partial charge in [0.25, 0.3) is 0 Å². The van der Waals surface area contributed by atoms with Crippen molar-refractivity contribution in [2.45, 2.75) is 25.9 Å². The minimum absolute atomic E-state index is 0.0621. The molecule has 0 bridgehead atoms. The predicted octanol–water partition coefficient (Wildman–Crippen LogP) is 1.07. The number of nitrogens with one attached hydrogen (secondary N) is 2. The lowest BCUT2D eigenvalue weighted by Crippen LogP contribution is -2.46. The van der Waals surface area contributed by atoms with Crippen molar-refractivity contribution in [3.63, 3.8) is 0 Å². The fourth-order valence-corrected chi connectivity index (χ4v) is 1.63. The molecule has 0 radical (unpaired) electrons. The van der Waals surface area contributed by atoms with Crippen LogP contribution in [-0.4, -0.2) is 29.6 Å². The van der Waals surface area contributed by atoms with E-state index in [0.717, 1.165) is 0 Å². The van der Waals surface area contributed by atoms with E-state index in [0.29, 0.717) is 5.56 Å². The quantitative estimate of drug-likeness (QED) is 0.721. The Morgan fingerprint density at radius 1 is 1.42 bits per heavy atom. The van der Waals surface area contributed by atoms with E-state index in [-0.39, 0.29) is 18.4 Å². The highest BCUT2D eigenvalue weighted by Crippen LogP contribution is 2.13. The molecule has 0 heterocycles. The van der Waals surface area contributed by atoms with Crippen LogP contribution < -0.4 is 10.6 Å². The van der Waals surface area contributed by atoms with Gasteiger partial charge in [-0.05, 0) is 24.6 Å². The third-order valence-electron chi connectivity index (χ3n) is 2.65. The van der Waals surface area contributed by atoms with Gasteiger partial charge in [-0.2, -0.15) is 0 Å². The molecular weight excluding hydrogens is 251 g/mol. The molecule has 104 valence electrons. The summed E-state index contributed by atoms with van der Waals surface area (Å²) in [5, 5.41) is 14.2. The number of rotatable bonds is 6. The molecule has 1 rings (SSSR count). The number of halogens is 1. The molecule has 3 N–H and O–H groups in total. The first-order valence-corrected chi connectivity index (χ1v) is 5.89. The molecule has 0 aliphatic rings.